The van der Waals surface area contributed by atoms with E-state index >= 15 is 0 Å². The fourth-order valence-electron chi connectivity index (χ4n) is 2.57. The highest BCUT2D eigenvalue weighted by Gasteiger charge is 2.13. The average molecular weight is 432 g/mol. The third kappa shape index (κ3) is 4.53. The molecule has 3 aromatic rings. The first kappa shape index (κ1) is 18.7. The van der Waals surface area contributed by atoms with Crippen LogP contribution in [-0.4, -0.2) is 21.9 Å². The van der Waals surface area contributed by atoms with Crippen LogP contribution in [0.25, 0.3) is 11.5 Å². The van der Waals surface area contributed by atoms with Crippen LogP contribution in [0.4, 0.5) is 5.69 Å². The first-order chi connectivity index (χ1) is 12.4. The second-order valence-electron chi connectivity index (χ2n) is 5.99. The van der Waals surface area contributed by atoms with Crippen LogP contribution in [0.1, 0.15) is 16.7 Å². The molecule has 0 atom stereocenters. The van der Waals surface area contributed by atoms with Crippen molar-refractivity contribution >= 4 is 39.3 Å². The van der Waals surface area contributed by atoms with Crippen LogP contribution in [0.15, 0.2) is 50.5 Å². The first-order valence-corrected chi connectivity index (χ1v) is 9.80. The number of hydrogen-bond acceptors (Lipinski definition) is 5. The van der Waals surface area contributed by atoms with Gasteiger partial charge in [-0.3, -0.25) is 4.79 Å². The standard InChI is InChI=1S/C19H18BrN3O2S/c1-11-5-4-6-14(7-11)18-22-23-19(25-18)26-10-16(24)21-17-12(2)8-15(20)9-13(17)3/h4-9H,10H2,1-3H3,(H,21,24). The summed E-state index contributed by atoms with van der Waals surface area (Å²) in [5.74, 6) is 0.541. The number of aryl methyl sites for hydroxylation is 3. The molecule has 0 saturated heterocycles. The van der Waals surface area contributed by atoms with E-state index in [2.05, 4.69) is 31.4 Å². The number of thioether (sulfide) groups is 1. The van der Waals surface area contributed by atoms with E-state index in [4.69, 9.17) is 4.42 Å². The summed E-state index contributed by atoms with van der Waals surface area (Å²) in [7, 11) is 0. The van der Waals surface area contributed by atoms with E-state index in [1.54, 1.807) is 0 Å². The van der Waals surface area contributed by atoms with Crippen LogP contribution in [0.2, 0.25) is 0 Å². The van der Waals surface area contributed by atoms with Gasteiger partial charge in [-0.1, -0.05) is 45.4 Å². The van der Waals surface area contributed by atoms with Crippen molar-refractivity contribution in [2.75, 3.05) is 11.1 Å². The Hall–Kier alpha value is -2.12. The van der Waals surface area contributed by atoms with Crippen molar-refractivity contribution in [2.45, 2.75) is 26.0 Å². The SMILES string of the molecule is Cc1cccc(-c2nnc(SCC(=O)Nc3c(C)cc(Br)cc3C)o2)c1. The minimum atomic E-state index is -0.112. The van der Waals surface area contributed by atoms with Crippen LogP contribution in [-0.2, 0) is 4.79 Å². The molecule has 0 saturated carbocycles. The Morgan fingerprint density at radius 2 is 1.88 bits per heavy atom. The second kappa shape index (κ2) is 8.05. The fourth-order valence-corrected chi connectivity index (χ4v) is 3.82. The number of halogens is 1. The molecule has 0 aliphatic carbocycles. The van der Waals surface area contributed by atoms with Crippen molar-refractivity contribution in [1.82, 2.24) is 10.2 Å². The lowest BCUT2D eigenvalue weighted by molar-refractivity contribution is -0.113. The molecule has 5 nitrogen and oxygen atoms in total. The number of benzene rings is 2. The number of rotatable bonds is 5. The highest BCUT2D eigenvalue weighted by atomic mass is 79.9. The molecule has 134 valence electrons. The van der Waals surface area contributed by atoms with Crippen molar-refractivity contribution in [3.8, 4) is 11.5 Å². The van der Waals surface area contributed by atoms with E-state index in [9.17, 15) is 4.79 Å². The fraction of sp³-hybridized carbons (Fsp3) is 0.211. The molecule has 1 aromatic heterocycles. The van der Waals surface area contributed by atoms with Crippen LogP contribution >= 0.6 is 27.7 Å². The molecule has 26 heavy (non-hydrogen) atoms. The monoisotopic (exact) mass is 431 g/mol. The van der Waals surface area contributed by atoms with Crippen LogP contribution in [0, 0.1) is 20.8 Å². The number of nitrogens with one attached hydrogen (secondary N) is 1. The quantitative estimate of drug-likeness (QED) is 0.565. The molecule has 1 amide bonds. The molecule has 0 fully saturated rings. The third-order valence-corrected chi connectivity index (χ3v) is 5.04. The minimum Gasteiger partial charge on any atom is -0.411 e. The van der Waals surface area contributed by atoms with Gasteiger partial charge in [0.1, 0.15) is 0 Å². The summed E-state index contributed by atoms with van der Waals surface area (Å²) in [6, 6.07) is 11.8. The number of amides is 1. The third-order valence-electron chi connectivity index (χ3n) is 3.76. The lowest BCUT2D eigenvalue weighted by atomic mass is 10.1. The van der Waals surface area contributed by atoms with Crippen LogP contribution in [0.5, 0.6) is 0 Å². The molecule has 0 spiro atoms. The average Bonchev–Trinajstić information content (AvgIpc) is 3.05. The van der Waals surface area contributed by atoms with Gasteiger partial charge in [0.25, 0.3) is 5.22 Å². The summed E-state index contributed by atoms with van der Waals surface area (Å²) in [5, 5.41) is 11.4. The lowest BCUT2D eigenvalue weighted by Gasteiger charge is -2.11. The van der Waals surface area contributed by atoms with Crippen molar-refractivity contribution < 1.29 is 9.21 Å². The minimum absolute atomic E-state index is 0.112. The zero-order chi connectivity index (χ0) is 18.7. The second-order valence-corrected chi connectivity index (χ2v) is 7.84. The Kier molecular flexibility index (Phi) is 5.78. The number of aromatic nitrogens is 2. The van der Waals surface area contributed by atoms with Gasteiger partial charge in [-0.15, -0.1) is 10.2 Å². The van der Waals surface area contributed by atoms with Gasteiger partial charge < -0.3 is 9.73 Å². The Labute approximate surface area is 164 Å². The van der Waals surface area contributed by atoms with E-state index in [1.807, 2.05) is 57.2 Å². The van der Waals surface area contributed by atoms with Crippen molar-refractivity contribution in [3.63, 3.8) is 0 Å². The zero-order valence-electron chi connectivity index (χ0n) is 14.7. The predicted molar refractivity (Wildman–Crippen MR) is 107 cm³/mol. The van der Waals surface area contributed by atoms with E-state index in [1.165, 1.54) is 11.8 Å². The normalized spacial score (nSPS) is 10.8. The Bertz CT molecular complexity index is 932. The number of hydrogen-bond donors (Lipinski definition) is 1. The largest absolute Gasteiger partial charge is 0.411 e. The molecular formula is C19H18BrN3O2S. The van der Waals surface area contributed by atoms with Gasteiger partial charge in [-0.05, 0) is 56.2 Å². The van der Waals surface area contributed by atoms with Crippen molar-refractivity contribution in [1.29, 1.82) is 0 Å². The number of anilines is 1. The van der Waals surface area contributed by atoms with E-state index in [0.29, 0.717) is 11.1 Å². The Morgan fingerprint density at radius 3 is 2.58 bits per heavy atom. The molecule has 2 aromatic carbocycles. The molecule has 7 heteroatoms. The van der Waals surface area contributed by atoms with Gasteiger partial charge in [-0.25, -0.2) is 0 Å². The maximum Gasteiger partial charge on any atom is 0.277 e. The summed E-state index contributed by atoms with van der Waals surface area (Å²) in [5.41, 5.74) is 4.85. The number of nitrogens with zero attached hydrogens (tertiary/aromatic N) is 2. The summed E-state index contributed by atoms with van der Waals surface area (Å²) < 4.78 is 6.64. The maximum atomic E-state index is 12.3. The van der Waals surface area contributed by atoms with Crippen molar-refractivity contribution in [3.05, 3.63) is 57.6 Å². The highest BCUT2D eigenvalue weighted by molar-refractivity contribution is 9.10. The van der Waals surface area contributed by atoms with Gasteiger partial charge in [-0.2, -0.15) is 0 Å². The number of carbonyl (C=O) groups excluding carboxylic acids is 1. The van der Waals surface area contributed by atoms with Gasteiger partial charge in [0.2, 0.25) is 11.8 Å². The molecular weight excluding hydrogens is 414 g/mol. The van der Waals surface area contributed by atoms with E-state index in [-0.39, 0.29) is 11.7 Å². The molecule has 0 unspecified atom stereocenters. The van der Waals surface area contributed by atoms with Crippen LogP contribution < -0.4 is 5.32 Å². The number of carbonyl (C=O) groups is 1. The Balaban J connectivity index is 1.62. The van der Waals surface area contributed by atoms with E-state index in [0.717, 1.165) is 32.4 Å². The summed E-state index contributed by atoms with van der Waals surface area (Å²) in [6.07, 6.45) is 0. The topological polar surface area (TPSA) is 68.0 Å². The smallest absolute Gasteiger partial charge is 0.277 e. The molecule has 1 heterocycles. The summed E-state index contributed by atoms with van der Waals surface area (Å²) >= 11 is 4.68. The summed E-state index contributed by atoms with van der Waals surface area (Å²) in [6.45, 7) is 5.94. The molecule has 0 aliphatic heterocycles. The lowest BCUT2D eigenvalue weighted by Crippen LogP contribution is -2.15. The molecule has 0 bridgehead atoms. The molecule has 0 aliphatic rings. The molecule has 3 rings (SSSR count). The maximum absolute atomic E-state index is 12.3. The predicted octanol–water partition coefficient (Wildman–Crippen LogP) is 5.16. The Morgan fingerprint density at radius 1 is 1.15 bits per heavy atom. The van der Waals surface area contributed by atoms with Gasteiger partial charge in [0, 0.05) is 15.7 Å². The van der Waals surface area contributed by atoms with Crippen LogP contribution in [0.3, 0.4) is 0 Å². The highest BCUT2D eigenvalue weighted by Crippen LogP contribution is 2.26. The zero-order valence-corrected chi connectivity index (χ0v) is 17.1. The first-order valence-electron chi connectivity index (χ1n) is 8.02. The van der Waals surface area contributed by atoms with Crippen molar-refractivity contribution in [2.24, 2.45) is 0 Å². The molecule has 1 N–H and O–H groups in total. The van der Waals surface area contributed by atoms with Gasteiger partial charge in [0.15, 0.2) is 0 Å². The molecule has 0 radical (unpaired) electrons. The summed E-state index contributed by atoms with van der Waals surface area (Å²) in [4.78, 5) is 12.3. The van der Waals surface area contributed by atoms with E-state index < -0.39 is 0 Å². The van der Waals surface area contributed by atoms with Gasteiger partial charge >= 0.3 is 0 Å². The van der Waals surface area contributed by atoms with Gasteiger partial charge in [0.05, 0.1) is 5.75 Å².